The van der Waals surface area contributed by atoms with Gasteiger partial charge in [-0.3, -0.25) is 4.79 Å². The van der Waals surface area contributed by atoms with E-state index < -0.39 is 10.0 Å². The summed E-state index contributed by atoms with van der Waals surface area (Å²) in [5.41, 5.74) is 1.43. The largest absolute Gasteiger partial charge is 0.483 e. The van der Waals surface area contributed by atoms with Gasteiger partial charge >= 0.3 is 0 Å². The summed E-state index contributed by atoms with van der Waals surface area (Å²) in [6.07, 6.45) is 0. The van der Waals surface area contributed by atoms with Crippen molar-refractivity contribution in [3.63, 3.8) is 0 Å². The smallest absolute Gasteiger partial charge is 0.262 e. The molecule has 0 atom stereocenters. The van der Waals surface area contributed by atoms with Gasteiger partial charge in [-0.1, -0.05) is 39.0 Å². The Balaban J connectivity index is 2.01. The second kappa shape index (κ2) is 8.10. The van der Waals surface area contributed by atoms with Gasteiger partial charge in [0, 0.05) is 19.8 Å². The maximum atomic E-state index is 12.2. The first-order valence-corrected chi connectivity index (χ1v) is 10.0. The lowest BCUT2D eigenvalue weighted by atomic mass is 9.86. The van der Waals surface area contributed by atoms with Crippen LogP contribution in [0.3, 0.4) is 0 Å². The van der Waals surface area contributed by atoms with E-state index in [9.17, 15) is 13.2 Å². The van der Waals surface area contributed by atoms with Crippen LogP contribution in [0, 0.1) is 0 Å². The molecule has 2 aromatic rings. The van der Waals surface area contributed by atoms with Crippen LogP contribution in [0.15, 0.2) is 53.4 Å². The van der Waals surface area contributed by atoms with Crippen molar-refractivity contribution in [3.8, 4) is 5.75 Å². The normalized spacial score (nSPS) is 12.1. The minimum Gasteiger partial charge on any atom is -0.483 e. The molecule has 0 bridgehead atoms. The number of sulfonamides is 1. The van der Waals surface area contributed by atoms with E-state index in [-0.39, 0.29) is 22.8 Å². The van der Waals surface area contributed by atoms with Gasteiger partial charge in [-0.05, 0) is 41.3 Å². The van der Waals surface area contributed by atoms with Gasteiger partial charge in [-0.2, -0.15) is 0 Å². The molecule has 0 fully saturated rings. The first-order chi connectivity index (χ1) is 12.5. The number of amides is 1. The van der Waals surface area contributed by atoms with Crippen LogP contribution in [0.4, 0.5) is 5.69 Å². The predicted octanol–water partition coefficient (Wildman–Crippen LogP) is 3.25. The number of hydrogen-bond donors (Lipinski definition) is 1. The number of rotatable bonds is 6. The van der Waals surface area contributed by atoms with Crippen LogP contribution in [0.25, 0.3) is 0 Å². The van der Waals surface area contributed by atoms with Gasteiger partial charge in [0.05, 0.1) is 4.90 Å². The highest BCUT2D eigenvalue weighted by atomic mass is 32.2. The standard InChI is InChI=1S/C20H26N2O4S/c1-20(2,3)17-8-6-7-9-18(17)26-14-19(23)21-15-10-12-16(13-11-15)27(24,25)22(4)5/h6-13H,14H2,1-5H3,(H,21,23). The zero-order chi connectivity index (χ0) is 20.2. The second-order valence-corrected chi connectivity index (χ2v) is 9.55. The third-order valence-electron chi connectivity index (χ3n) is 3.97. The van der Waals surface area contributed by atoms with Crippen LogP contribution in [-0.2, 0) is 20.2 Å². The molecule has 1 N–H and O–H groups in total. The van der Waals surface area contributed by atoms with Crippen molar-refractivity contribution in [1.82, 2.24) is 4.31 Å². The van der Waals surface area contributed by atoms with Gasteiger partial charge in [0.15, 0.2) is 6.61 Å². The van der Waals surface area contributed by atoms with E-state index >= 15 is 0 Å². The number of para-hydroxylation sites is 1. The highest BCUT2D eigenvalue weighted by Gasteiger charge is 2.19. The molecule has 0 radical (unpaired) electrons. The van der Waals surface area contributed by atoms with Gasteiger partial charge in [0.25, 0.3) is 5.91 Å². The predicted molar refractivity (Wildman–Crippen MR) is 107 cm³/mol. The van der Waals surface area contributed by atoms with E-state index in [2.05, 4.69) is 26.1 Å². The Hall–Kier alpha value is -2.38. The fourth-order valence-electron chi connectivity index (χ4n) is 2.47. The Morgan fingerprint density at radius 3 is 2.19 bits per heavy atom. The van der Waals surface area contributed by atoms with Gasteiger partial charge in [-0.25, -0.2) is 12.7 Å². The van der Waals surface area contributed by atoms with Gasteiger partial charge in [-0.15, -0.1) is 0 Å². The van der Waals surface area contributed by atoms with Crippen molar-refractivity contribution in [1.29, 1.82) is 0 Å². The third-order valence-corrected chi connectivity index (χ3v) is 5.80. The van der Waals surface area contributed by atoms with E-state index in [4.69, 9.17) is 4.74 Å². The molecule has 0 aliphatic carbocycles. The van der Waals surface area contributed by atoms with Crippen molar-refractivity contribution in [2.45, 2.75) is 31.1 Å². The average Bonchev–Trinajstić information content (AvgIpc) is 2.60. The Labute approximate surface area is 161 Å². The summed E-state index contributed by atoms with van der Waals surface area (Å²) in [4.78, 5) is 12.3. The molecule has 146 valence electrons. The summed E-state index contributed by atoms with van der Waals surface area (Å²) < 4.78 is 30.9. The maximum Gasteiger partial charge on any atom is 0.262 e. The number of carbonyl (C=O) groups excluding carboxylic acids is 1. The molecular weight excluding hydrogens is 364 g/mol. The SMILES string of the molecule is CN(C)S(=O)(=O)c1ccc(NC(=O)COc2ccccc2C(C)(C)C)cc1. The molecule has 0 heterocycles. The monoisotopic (exact) mass is 390 g/mol. The zero-order valence-corrected chi connectivity index (χ0v) is 17.1. The van der Waals surface area contributed by atoms with E-state index in [1.165, 1.54) is 26.2 Å². The van der Waals surface area contributed by atoms with Crippen molar-refractivity contribution in [2.75, 3.05) is 26.0 Å². The summed E-state index contributed by atoms with van der Waals surface area (Å²) in [6, 6.07) is 13.7. The Morgan fingerprint density at radius 2 is 1.63 bits per heavy atom. The number of nitrogens with zero attached hydrogens (tertiary/aromatic N) is 1. The molecule has 2 rings (SSSR count). The van der Waals surface area contributed by atoms with E-state index in [0.29, 0.717) is 11.4 Å². The molecule has 0 aliphatic rings. The number of nitrogens with one attached hydrogen (secondary N) is 1. The molecule has 1 amide bonds. The van der Waals surface area contributed by atoms with Crippen LogP contribution < -0.4 is 10.1 Å². The first-order valence-electron chi connectivity index (χ1n) is 8.56. The molecule has 0 saturated heterocycles. The molecule has 0 spiro atoms. The van der Waals surface area contributed by atoms with Crippen molar-refractivity contribution >= 4 is 21.6 Å². The summed E-state index contributed by atoms with van der Waals surface area (Å²) >= 11 is 0. The summed E-state index contributed by atoms with van der Waals surface area (Å²) in [7, 11) is -0.551. The number of benzene rings is 2. The Morgan fingerprint density at radius 1 is 1.04 bits per heavy atom. The average molecular weight is 391 g/mol. The molecule has 0 unspecified atom stereocenters. The van der Waals surface area contributed by atoms with E-state index in [1.54, 1.807) is 12.1 Å². The van der Waals surface area contributed by atoms with Crippen LogP contribution in [0.2, 0.25) is 0 Å². The Kier molecular flexibility index (Phi) is 6.28. The fourth-order valence-corrected chi connectivity index (χ4v) is 3.38. The van der Waals surface area contributed by atoms with Crippen molar-refractivity contribution in [3.05, 3.63) is 54.1 Å². The lowest BCUT2D eigenvalue weighted by Gasteiger charge is -2.22. The van der Waals surface area contributed by atoms with Crippen LogP contribution in [-0.4, -0.2) is 39.3 Å². The number of hydrogen-bond acceptors (Lipinski definition) is 4. The lowest BCUT2D eigenvalue weighted by molar-refractivity contribution is -0.118. The number of carbonyl (C=O) groups is 1. The summed E-state index contributed by atoms with van der Waals surface area (Å²) in [5.74, 6) is 0.356. The fraction of sp³-hybridized carbons (Fsp3) is 0.350. The topological polar surface area (TPSA) is 75.7 Å². The van der Waals surface area contributed by atoms with E-state index in [0.717, 1.165) is 9.87 Å². The minimum atomic E-state index is -3.49. The van der Waals surface area contributed by atoms with Crippen LogP contribution >= 0.6 is 0 Å². The molecule has 0 saturated carbocycles. The highest BCUT2D eigenvalue weighted by molar-refractivity contribution is 7.89. The number of ether oxygens (including phenoxy) is 1. The lowest BCUT2D eigenvalue weighted by Crippen LogP contribution is -2.23. The van der Waals surface area contributed by atoms with E-state index in [1.807, 2.05) is 24.3 Å². The molecule has 2 aromatic carbocycles. The number of anilines is 1. The Bertz CT molecular complexity index is 898. The first kappa shape index (κ1) is 20.9. The van der Waals surface area contributed by atoms with Gasteiger partial charge in [0.1, 0.15) is 5.75 Å². The van der Waals surface area contributed by atoms with Crippen LogP contribution in [0.1, 0.15) is 26.3 Å². The zero-order valence-electron chi connectivity index (χ0n) is 16.3. The molecule has 6 nitrogen and oxygen atoms in total. The second-order valence-electron chi connectivity index (χ2n) is 7.39. The van der Waals surface area contributed by atoms with Crippen molar-refractivity contribution in [2.24, 2.45) is 0 Å². The minimum absolute atomic E-state index is 0.0964. The maximum absolute atomic E-state index is 12.2. The quantitative estimate of drug-likeness (QED) is 0.821. The molecule has 0 aliphatic heterocycles. The van der Waals surface area contributed by atoms with Gasteiger partial charge in [0.2, 0.25) is 10.0 Å². The van der Waals surface area contributed by atoms with Gasteiger partial charge < -0.3 is 10.1 Å². The van der Waals surface area contributed by atoms with Crippen molar-refractivity contribution < 1.29 is 17.9 Å². The molecule has 7 heteroatoms. The summed E-state index contributed by atoms with van der Waals surface area (Å²) in [5, 5.41) is 2.71. The molecule has 0 aromatic heterocycles. The highest BCUT2D eigenvalue weighted by Crippen LogP contribution is 2.30. The van der Waals surface area contributed by atoms with Crippen LogP contribution in [0.5, 0.6) is 5.75 Å². The third kappa shape index (κ3) is 5.30. The molecular formula is C20H26N2O4S. The molecule has 27 heavy (non-hydrogen) atoms. The summed E-state index contributed by atoms with van der Waals surface area (Å²) in [6.45, 7) is 6.11.